The van der Waals surface area contributed by atoms with Gasteiger partial charge in [0.15, 0.2) is 0 Å². The predicted molar refractivity (Wildman–Crippen MR) is 78.0 cm³/mol. The van der Waals surface area contributed by atoms with Gasteiger partial charge in [0.05, 0.1) is 0 Å². The molecule has 1 saturated carbocycles. The molecule has 0 aromatic heterocycles. The molecule has 0 aromatic carbocycles. The molecule has 2 atom stereocenters. The number of nitrogens with one attached hydrogen (secondary N) is 1. The minimum Gasteiger partial charge on any atom is -0.312 e. The summed E-state index contributed by atoms with van der Waals surface area (Å²) in [4.78, 5) is 5.19. The first-order valence-corrected chi connectivity index (χ1v) is 7.70. The number of likely N-dealkylation sites (N-methyl/N-ethyl adjacent to an activating group) is 1. The molecule has 0 spiro atoms. The Morgan fingerprint density at radius 1 is 1.17 bits per heavy atom. The highest BCUT2D eigenvalue weighted by molar-refractivity contribution is 5.01. The number of nitrogens with zero attached hydrogens (tertiary/aromatic N) is 2. The van der Waals surface area contributed by atoms with Crippen LogP contribution < -0.4 is 5.32 Å². The van der Waals surface area contributed by atoms with E-state index < -0.39 is 0 Å². The Balaban J connectivity index is 1.97. The van der Waals surface area contributed by atoms with Crippen molar-refractivity contribution in [1.82, 2.24) is 15.1 Å². The van der Waals surface area contributed by atoms with Crippen molar-refractivity contribution in [3.8, 4) is 0 Å². The standard InChI is InChI=1S/C15H31N3/c1-5-8-16-14-13(6-7-15(14,2)3)18-11-9-17(4)10-12-18/h13-14,16H,5-12H2,1-4H3. The highest BCUT2D eigenvalue weighted by Gasteiger charge is 2.44. The first kappa shape index (κ1) is 14.3. The molecule has 1 aliphatic carbocycles. The van der Waals surface area contributed by atoms with Crippen LogP contribution in [0.15, 0.2) is 0 Å². The van der Waals surface area contributed by atoms with E-state index in [9.17, 15) is 0 Å². The average Bonchev–Trinajstić information content (AvgIpc) is 2.63. The Morgan fingerprint density at radius 2 is 1.83 bits per heavy atom. The van der Waals surface area contributed by atoms with E-state index in [-0.39, 0.29) is 0 Å². The van der Waals surface area contributed by atoms with Gasteiger partial charge in [-0.15, -0.1) is 0 Å². The molecule has 1 aliphatic heterocycles. The zero-order valence-electron chi connectivity index (χ0n) is 12.7. The second-order valence-electron chi connectivity index (χ2n) is 6.87. The lowest BCUT2D eigenvalue weighted by atomic mass is 9.86. The molecule has 0 amide bonds. The van der Waals surface area contributed by atoms with Gasteiger partial charge in [-0.1, -0.05) is 20.8 Å². The molecule has 2 rings (SSSR count). The third-order valence-electron chi connectivity index (χ3n) is 4.93. The van der Waals surface area contributed by atoms with Crippen LogP contribution in [0.4, 0.5) is 0 Å². The Labute approximate surface area is 113 Å². The maximum Gasteiger partial charge on any atom is 0.0274 e. The van der Waals surface area contributed by atoms with E-state index in [4.69, 9.17) is 0 Å². The maximum absolute atomic E-state index is 3.82. The Hall–Kier alpha value is -0.120. The quantitative estimate of drug-likeness (QED) is 0.824. The lowest BCUT2D eigenvalue weighted by Crippen LogP contribution is -2.56. The lowest BCUT2D eigenvalue weighted by Gasteiger charge is -2.41. The summed E-state index contributed by atoms with van der Waals surface area (Å²) in [6.45, 7) is 13.3. The van der Waals surface area contributed by atoms with Gasteiger partial charge in [0.1, 0.15) is 0 Å². The number of piperazine rings is 1. The average molecular weight is 253 g/mol. The van der Waals surface area contributed by atoms with Gasteiger partial charge in [-0.25, -0.2) is 0 Å². The molecule has 18 heavy (non-hydrogen) atoms. The van der Waals surface area contributed by atoms with Crippen LogP contribution in [0.25, 0.3) is 0 Å². The molecule has 2 aliphatic rings. The largest absolute Gasteiger partial charge is 0.312 e. The van der Waals surface area contributed by atoms with Gasteiger partial charge < -0.3 is 10.2 Å². The van der Waals surface area contributed by atoms with Gasteiger partial charge >= 0.3 is 0 Å². The zero-order valence-corrected chi connectivity index (χ0v) is 12.7. The zero-order chi connectivity index (χ0) is 13.2. The molecular weight excluding hydrogens is 222 g/mol. The van der Waals surface area contributed by atoms with Crippen LogP contribution in [0.2, 0.25) is 0 Å². The van der Waals surface area contributed by atoms with E-state index in [0.717, 1.165) is 6.04 Å². The highest BCUT2D eigenvalue weighted by Crippen LogP contribution is 2.40. The number of hydrogen-bond acceptors (Lipinski definition) is 3. The van der Waals surface area contributed by atoms with Gasteiger partial charge in [0.2, 0.25) is 0 Å². The molecular formula is C15H31N3. The van der Waals surface area contributed by atoms with Crippen molar-refractivity contribution in [2.24, 2.45) is 5.41 Å². The molecule has 0 aromatic rings. The van der Waals surface area contributed by atoms with E-state index in [2.05, 4.69) is 42.9 Å². The van der Waals surface area contributed by atoms with E-state index in [1.807, 2.05) is 0 Å². The van der Waals surface area contributed by atoms with Crippen molar-refractivity contribution in [3.63, 3.8) is 0 Å². The van der Waals surface area contributed by atoms with Gasteiger partial charge in [-0.3, -0.25) is 4.90 Å². The molecule has 1 saturated heterocycles. The van der Waals surface area contributed by atoms with Crippen LogP contribution in [0.3, 0.4) is 0 Å². The Morgan fingerprint density at radius 3 is 2.44 bits per heavy atom. The predicted octanol–water partition coefficient (Wildman–Crippen LogP) is 1.79. The third kappa shape index (κ3) is 3.06. The normalized spacial score (nSPS) is 34.0. The van der Waals surface area contributed by atoms with Gasteiger partial charge in [0, 0.05) is 38.3 Å². The fourth-order valence-electron chi connectivity index (χ4n) is 3.62. The summed E-state index contributed by atoms with van der Waals surface area (Å²) >= 11 is 0. The van der Waals surface area contributed by atoms with Gasteiger partial charge in [-0.05, 0) is 38.3 Å². The van der Waals surface area contributed by atoms with Crippen LogP contribution in [0, 0.1) is 5.41 Å². The highest BCUT2D eigenvalue weighted by atomic mass is 15.3. The Kier molecular flexibility index (Phi) is 4.68. The molecule has 3 heteroatoms. The maximum atomic E-state index is 3.82. The summed E-state index contributed by atoms with van der Waals surface area (Å²) in [7, 11) is 2.24. The molecule has 0 radical (unpaired) electrons. The second-order valence-corrected chi connectivity index (χ2v) is 6.87. The fourth-order valence-corrected chi connectivity index (χ4v) is 3.62. The lowest BCUT2D eigenvalue weighted by molar-refractivity contribution is 0.0876. The van der Waals surface area contributed by atoms with Crippen LogP contribution in [0.5, 0.6) is 0 Å². The fraction of sp³-hybridized carbons (Fsp3) is 1.00. The molecule has 1 heterocycles. The Bertz CT molecular complexity index is 256. The molecule has 2 unspecified atom stereocenters. The minimum atomic E-state index is 0.461. The molecule has 106 valence electrons. The topological polar surface area (TPSA) is 18.5 Å². The van der Waals surface area contributed by atoms with Crippen LogP contribution in [0.1, 0.15) is 40.0 Å². The van der Waals surface area contributed by atoms with E-state index in [1.165, 1.54) is 52.0 Å². The number of rotatable bonds is 4. The SMILES string of the molecule is CCCNC1C(N2CCN(C)CC2)CCC1(C)C. The minimum absolute atomic E-state index is 0.461. The summed E-state index contributed by atoms with van der Waals surface area (Å²) in [5.41, 5.74) is 0.461. The van der Waals surface area contributed by atoms with Crippen molar-refractivity contribution in [2.75, 3.05) is 39.8 Å². The molecule has 0 bridgehead atoms. The van der Waals surface area contributed by atoms with Crippen molar-refractivity contribution in [1.29, 1.82) is 0 Å². The van der Waals surface area contributed by atoms with Crippen molar-refractivity contribution in [3.05, 3.63) is 0 Å². The van der Waals surface area contributed by atoms with Crippen molar-refractivity contribution < 1.29 is 0 Å². The van der Waals surface area contributed by atoms with Crippen molar-refractivity contribution >= 4 is 0 Å². The molecule has 2 fully saturated rings. The van der Waals surface area contributed by atoms with Crippen LogP contribution in [-0.2, 0) is 0 Å². The van der Waals surface area contributed by atoms with E-state index in [0.29, 0.717) is 11.5 Å². The van der Waals surface area contributed by atoms with E-state index >= 15 is 0 Å². The third-order valence-corrected chi connectivity index (χ3v) is 4.93. The first-order valence-electron chi connectivity index (χ1n) is 7.70. The van der Waals surface area contributed by atoms with E-state index in [1.54, 1.807) is 0 Å². The monoisotopic (exact) mass is 253 g/mol. The summed E-state index contributed by atoms with van der Waals surface area (Å²) in [5, 5.41) is 3.82. The summed E-state index contributed by atoms with van der Waals surface area (Å²) < 4.78 is 0. The van der Waals surface area contributed by atoms with Crippen molar-refractivity contribution in [2.45, 2.75) is 52.1 Å². The van der Waals surface area contributed by atoms with Crippen LogP contribution in [-0.4, -0.2) is 61.7 Å². The smallest absolute Gasteiger partial charge is 0.0274 e. The van der Waals surface area contributed by atoms with Gasteiger partial charge in [0.25, 0.3) is 0 Å². The second kappa shape index (κ2) is 5.89. The molecule has 3 nitrogen and oxygen atoms in total. The summed E-state index contributed by atoms with van der Waals surface area (Å²) in [6.07, 6.45) is 3.98. The first-order chi connectivity index (χ1) is 8.54. The summed E-state index contributed by atoms with van der Waals surface area (Å²) in [5.74, 6) is 0. The van der Waals surface area contributed by atoms with Gasteiger partial charge in [-0.2, -0.15) is 0 Å². The molecule has 1 N–H and O–H groups in total. The summed E-state index contributed by atoms with van der Waals surface area (Å²) in [6, 6.07) is 1.45. The van der Waals surface area contributed by atoms with Crippen LogP contribution >= 0.6 is 0 Å². The number of hydrogen-bond donors (Lipinski definition) is 1.